The number of nitrogens with one attached hydrogen (secondary N) is 2. The highest BCUT2D eigenvalue weighted by atomic mass is 16.2. The van der Waals surface area contributed by atoms with Crippen molar-refractivity contribution in [1.82, 2.24) is 14.5 Å². The number of rotatable bonds is 12. The minimum atomic E-state index is -0.461. The summed E-state index contributed by atoms with van der Waals surface area (Å²) >= 11 is 0. The molecule has 2 heterocycles. The van der Waals surface area contributed by atoms with Crippen molar-refractivity contribution < 1.29 is 4.79 Å². The smallest absolute Gasteiger partial charge is 0.307 e. The highest BCUT2D eigenvalue weighted by Gasteiger charge is 2.22. The maximum absolute atomic E-state index is 14.4. The fourth-order valence-corrected chi connectivity index (χ4v) is 6.30. The second-order valence-electron chi connectivity index (χ2n) is 13.3. The number of anilines is 2. The molecular weight excluding hydrogens is 619 g/mol. The second kappa shape index (κ2) is 17.0. The third-order valence-corrected chi connectivity index (χ3v) is 8.99. The number of pyridine rings is 2. The number of benzene rings is 3. The van der Waals surface area contributed by atoms with Crippen LogP contribution in [0.3, 0.4) is 0 Å². The lowest BCUT2D eigenvalue weighted by Crippen LogP contribution is -2.30. The Morgan fingerprint density at radius 2 is 1.56 bits per heavy atom. The van der Waals surface area contributed by atoms with Gasteiger partial charge in [0.15, 0.2) is 0 Å². The van der Waals surface area contributed by atoms with Crippen molar-refractivity contribution in [1.29, 1.82) is 0 Å². The van der Waals surface area contributed by atoms with Crippen molar-refractivity contribution in [2.24, 2.45) is 0 Å². The third kappa shape index (κ3) is 8.50. The van der Waals surface area contributed by atoms with Crippen molar-refractivity contribution in [2.45, 2.75) is 79.3 Å². The maximum atomic E-state index is 14.4. The van der Waals surface area contributed by atoms with Crippen molar-refractivity contribution in [2.75, 3.05) is 23.7 Å². The van der Waals surface area contributed by atoms with E-state index in [-0.39, 0.29) is 23.1 Å². The van der Waals surface area contributed by atoms with Crippen molar-refractivity contribution in [3.05, 3.63) is 124 Å². The first-order valence-electron chi connectivity index (χ1n) is 17.8. The predicted octanol–water partition coefficient (Wildman–Crippen LogP) is 9.63. The lowest BCUT2D eigenvalue weighted by molar-refractivity contribution is 0.262. The number of carbonyl (C=O) groups excluding carboxylic acids is 1. The number of hydrogen-bond donors (Lipinski definition) is 2. The van der Waals surface area contributed by atoms with E-state index >= 15 is 0 Å². The zero-order chi connectivity index (χ0) is 35.6. The minimum absolute atomic E-state index is 0.198. The molecule has 0 spiro atoms. The quantitative estimate of drug-likeness (QED) is 0.130. The summed E-state index contributed by atoms with van der Waals surface area (Å²) in [7, 11) is 0. The Kier molecular flexibility index (Phi) is 12.2. The van der Waals surface area contributed by atoms with Gasteiger partial charge in [0.1, 0.15) is 11.3 Å². The van der Waals surface area contributed by atoms with E-state index < -0.39 is 6.03 Å². The zero-order valence-electron chi connectivity index (χ0n) is 30.2. The summed E-state index contributed by atoms with van der Waals surface area (Å²) in [5.41, 5.74) is 6.91. The normalized spacial score (nSPS) is 11.2. The first kappa shape index (κ1) is 36.1. The number of hydrogen-bond acceptors (Lipinski definition) is 4. The Morgan fingerprint density at radius 1 is 0.860 bits per heavy atom. The summed E-state index contributed by atoms with van der Waals surface area (Å²) in [6.07, 6.45) is 3.43. The number of urea groups is 1. The molecule has 2 amide bonds. The molecular formula is C43H49N5O2. The maximum Gasteiger partial charge on any atom is 0.323 e. The summed E-state index contributed by atoms with van der Waals surface area (Å²) in [4.78, 5) is 35.3. The van der Waals surface area contributed by atoms with E-state index in [2.05, 4.69) is 98.2 Å². The second-order valence-corrected chi connectivity index (χ2v) is 13.3. The number of aryl methyl sites for hydroxylation is 1. The fourth-order valence-electron chi connectivity index (χ4n) is 6.30. The SMILES string of the molecule is CCCCn1c(=O)c(NC(=O)Nc2c(C(C)C)cccc2C(C)C)c(-c2cccc(C#CCN(CC)Cc3ccccc3)c2)c2cccnc21. The largest absolute Gasteiger partial charge is 0.323 e. The summed E-state index contributed by atoms with van der Waals surface area (Å²) in [5.74, 6) is 7.09. The Morgan fingerprint density at radius 3 is 2.24 bits per heavy atom. The van der Waals surface area contributed by atoms with Gasteiger partial charge in [-0.05, 0) is 71.3 Å². The van der Waals surface area contributed by atoms with Crippen molar-refractivity contribution in [3.63, 3.8) is 0 Å². The van der Waals surface area contributed by atoms with Crippen LogP contribution in [-0.2, 0) is 13.1 Å². The van der Waals surface area contributed by atoms with Gasteiger partial charge < -0.3 is 10.6 Å². The van der Waals surface area contributed by atoms with Gasteiger partial charge in [-0.2, -0.15) is 0 Å². The molecule has 0 bridgehead atoms. The highest BCUT2D eigenvalue weighted by Crippen LogP contribution is 2.35. The van der Waals surface area contributed by atoms with Gasteiger partial charge in [-0.25, -0.2) is 9.78 Å². The van der Waals surface area contributed by atoms with Gasteiger partial charge in [-0.3, -0.25) is 14.3 Å². The van der Waals surface area contributed by atoms with Crippen LogP contribution in [0.25, 0.3) is 22.2 Å². The average Bonchev–Trinajstić information content (AvgIpc) is 3.11. The van der Waals surface area contributed by atoms with Crippen LogP contribution in [0.15, 0.2) is 95.9 Å². The lowest BCUT2D eigenvalue weighted by atomic mass is 9.93. The third-order valence-electron chi connectivity index (χ3n) is 8.99. The number of amides is 2. The summed E-state index contributed by atoms with van der Waals surface area (Å²) in [6.45, 7) is 15.5. The van der Waals surface area contributed by atoms with Crippen LogP contribution < -0.4 is 16.2 Å². The van der Waals surface area contributed by atoms with Gasteiger partial charge in [0.25, 0.3) is 5.56 Å². The van der Waals surface area contributed by atoms with Gasteiger partial charge in [-0.15, -0.1) is 0 Å². The average molecular weight is 668 g/mol. The molecule has 258 valence electrons. The molecule has 2 aromatic heterocycles. The van der Waals surface area contributed by atoms with E-state index in [1.54, 1.807) is 10.8 Å². The van der Waals surface area contributed by atoms with E-state index in [1.807, 2.05) is 60.7 Å². The van der Waals surface area contributed by atoms with E-state index in [0.717, 1.165) is 59.3 Å². The van der Waals surface area contributed by atoms with E-state index in [9.17, 15) is 9.59 Å². The van der Waals surface area contributed by atoms with Crippen LogP contribution in [-0.4, -0.2) is 33.6 Å². The van der Waals surface area contributed by atoms with Gasteiger partial charge in [-0.1, -0.05) is 120 Å². The summed E-state index contributed by atoms with van der Waals surface area (Å²) < 4.78 is 1.69. The molecule has 0 aliphatic carbocycles. The molecule has 2 N–H and O–H groups in total. The molecule has 3 aromatic carbocycles. The Bertz CT molecular complexity index is 2030. The molecule has 0 aliphatic heterocycles. The number of fused-ring (bicyclic) bond motifs is 1. The number of unbranched alkanes of at least 4 members (excludes halogenated alkanes) is 1. The van der Waals surface area contributed by atoms with E-state index in [4.69, 9.17) is 0 Å². The lowest BCUT2D eigenvalue weighted by Gasteiger charge is -2.22. The molecule has 0 radical (unpaired) electrons. The zero-order valence-corrected chi connectivity index (χ0v) is 30.2. The van der Waals surface area contributed by atoms with Crippen molar-refractivity contribution in [3.8, 4) is 23.0 Å². The van der Waals surface area contributed by atoms with Crippen LogP contribution in [0.1, 0.15) is 88.5 Å². The topological polar surface area (TPSA) is 79.3 Å². The van der Waals surface area contributed by atoms with Crippen LogP contribution in [0.4, 0.5) is 16.2 Å². The Hall–Kier alpha value is -5.19. The molecule has 5 aromatic rings. The molecule has 50 heavy (non-hydrogen) atoms. The first-order chi connectivity index (χ1) is 24.2. The number of carbonyl (C=O) groups is 1. The number of para-hydroxylation sites is 1. The molecule has 7 nitrogen and oxygen atoms in total. The van der Waals surface area contributed by atoms with Crippen molar-refractivity contribution >= 4 is 28.4 Å². The molecule has 0 fully saturated rings. The summed E-state index contributed by atoms with van der Waals surface area (Å²) in [5, 5.41) is 6.95. The number of aromatic nitrogens is 2. The molecule has 0 saturated heterocycles. The van der Waals surface area contributed by atoms with Gasteiger partial charge in [0.2, 0.25) is 0 Å². The molecule has 5 rings (SSSR count). The molecule has 0 atom stereocenters. The molecule has 0 unspecified atom stereocenters. The Balaban J connectivity index is 1.56. The predicted molar refractivity (Wildman–Crippen MR) is 208 cm³/mol. The highest BCUT2D eigenvalue weighted by molar-refractivity contribution is 6.07. The van der Waals surface area contributed by atoms with Crippen LogP contribution in [0, 0.1) is 11.8 Å². The van der Waals surface area contributed by atoms with E-state index in [1.165, 1.54) is 5.56 Å². The first-order valence-corrected chi connectivity index (χ1v) is 17.8. The van der Waals surface area contributed by atoms with Crippen LogP contribution in [0.5, 0.6) is 0 Å². The minimum Gasteiger partial charge on any atom is -0.307 e. The van der Waals surface area contributed by atoms with E-state index in [0.29, 0.717) is 24.3 Å². The number of nitrogens with zero attached hydrogens (tertiary/aromatic N) is 3. The fraction of sp³-hybridized carbons (Fsp3) is 0.326. The van der Waals surface area contributed by atoms with Gasteiger partial charge >= 0.3 is 6.03 Å². The Labute approximate surface area is 296 Å². The molecule has 0 aliphatic rings. The van der Waals surface area contributed by atoms with Crippen LogP contribution >= 0.6 is 0 Å². The molecule has 7 heteroatoms. The monoisotopic (exact) mass is 667 g/mol. The van der Waals surface area contributed by atoms with Gasteiger partial charge in [0, 0.05) is 41.5 Å². The molecule has 0 saturated carbocycles. The van der Waals surface area contributed by atoms with Gasteiger partial charge in [0.05, 0.1) is 6.54 Å². The summed E-state index contributed by atoms with van der Waals surface area (Å²) in [6, 6.07) is 27.8. The standard InChI is InChI=1S/C43H49N5O2/c1-7-9-27-48-41-37(24-15-25-44-41)38(34-21-13-19-32(28-34)20-16-26-47(8-2)29-33-17-11-10-12-18-33)40(42(48)49)46-43(50)45-39-35(30(3)4)22-14-23-36(39)31(5)6/h10-15,17-19,21-25,28,30-31H,7-9,26-27,29H2,1-6H3,(H2,45,46,50). The van der Waals surface area contributed by atoms with Crippen LogP contribution in [0.2, 0.25) is 0 Å².